The zero-order chi connectivity index (χ0) is 16.2. The molecule has 7 heteroatoms. The highest BCUT2D eigenvalue weighted by Gasteiger charge is 2.27. The lowest BCUT2D eigenvalue weighted by Crippen LogP contribution is -2.46. The first-order chi connectivity index (χ1) is 10.7. The molecule has 0 bridgehead atoms. The van der Waals surface area contributed by atoms with Crippen LogP contribution in [0.15, 0.2) is 4.99 Å². The highest BCUT2D eigenvalue weighted by molar-refractivity contribution is 14.0. The van der Waals surface area contributed by atoms with E-state index in [9.17, 15) is 4.79 Å². The quantitative estimate of drug-likeness (QED) is 0.200. The van der Waals surface area contributed by atoms with Crippen molar-refractivity contribution in [2.24, 2.45) is 10.9 Å². The summed E-state index contributed by atoms with van der Waals surface area (Å²) >= 11 is 1.89. The first kappa shape index (κ1) is 22.8. The van der Waals surface area contributed by atoms with Gasteiger partial charge in [0.15, 0.2) is 5.96 Å². The van der Waals surface area contributed by atoms with Crippen molar-refractivity contribution in [1.82, 2.24) is 10.2 Å². The van der Waals surface area contributed by atoms with Crippen molar-refractivity contribution < 1.29 is 9.53 Å². The third-order valence-electron chi connectivity index (χ3n) is 3.77. The van der Waals surface area contributed by atoms with Crippen molar-refractivity contribution in [3.8, 4) is 0 Å². The molecule has 0 aliphatic carbocycles. The van der Waals surface area contributed by atoms with Gasteiger partial charge >= 0.3 is 5.97 Å². The minimum absolute atomic E-state index is 0. The maximum absolute atomic E-state index is 11.8. The molecule has 1 fully saturated rings. The fourth-order valence-electron chi connectivity index (χ4n) is 2.56. The highest BCUT2D eigenvalue weighted by Crippen LogP contribution is 2.18. The summed E-state index contributed by atoms with van der Waals surface area (Å²) in [5.41, 5.74) is 0. The molecule has 0 unspecified atom stereocenters. The topological polar surface area (TPSA) is 53.9 Å². The molecule has 1 aliphatic rings. The van der Waals surface area contributed by atoms with Crippen LogP contribution in [0.5, 0.6) is 0 Å². The van der Waals surface area contributed by atoms with Gasteiger partial charge in [-0.3, -0.25) is 9.79 Å². The molecular formula is C16H32IN3O2S. The van der Waals surface area contributed by atoms with Crippen LogP contribution in [0.3, 0.4) is 0 Å². The van der Waals surface area contributed by atoms with Crippen molar-refractivity contribution in [3.63, 3.8) is 0 Å². The van der Waals surface area contributed by atoms with Crippen LogP contribution in [0.1, 0.15) is 39.5 Å². The van der Waals surface area contributed by atoms with Gasteiger partial charge in [0.1, 0.15) is 0 Å². The minimum Gasteiger partial charge on any atom is -0.466 e. The van der Waals surface area contributed by atoms with Crippen molar-refractivity contribution in [2.75, 3.05) is 44.8 Å². The predicted octanol–water partition coefficient (Wildman–Crippen LogP) is 2.99. The lowest BCUT2D eigenvalue weighted by molar-refractivity contribution is -0.149. The van der Waals surface area contributed by atoms with Gasteiger partial charge in [0.05, 0.1) is 12.5 Å². The number of carbonyl (C=O) groups excluding carboxylic acids is 1. The largest absolute Gasteiger partial charge is 0.466 e. The third-order valence-corrected chi connectivity index (χ3v) is 4.46. The van der Waals surface area contributed by atoms with Crippen molar-refractivity contribution in [2.45, 2.75) is 39.5 Å². The van der Waals surface area contributed by atoms with Gasteiger partial charge in [-0.25, -0.2) is 0 Å². The molecule has 0 amide bonds. The summed E-state index contributed by atoms with van der Waals surface area (Å²) in [5, 5.41) is 3.37. The van der Waals surface area contributed by atoms with E-state index in [1.807, 2.05) is 18.7 Å². The Morgan fingerprint density at radius 1 is 1.30 bits per heavy atom. The number of piperidine rings is 1. The van der Waals surface area contributed by atoms with Crippen molar-refractivity contribution >= 4 is 47.7 Å². The molecule has 0 atom stereocenters. The average molecular weight is 457 g/mol. The van der Waals surface area contributed by atoms with E-state index in [4.69, 9.17) is 9.73 Å². The summed E-state index contributed by atoms with van der Waals surface area (Å²) < 4.78 is 5.12. The van der Waals surface area contributed by atoms with Gasteiger partial charge in [0.2, 0.25) is 0 Å². The lowest BCUT2D eigenvalue weighted by atomic mass is 9.97. The minimum atomic E-state index is -0.0406. The van der Waals surface area contributed by atoms with Crippen LogP contribution in [0, 0.1) is 5.92 Å². The molecule has 0 saturated carbocycles. The first-order valence-electron chi connectivity index (χ1n) is 8.41. The molecule has 1 rings (SSSR count). The second-order valence-corrected chi connectivity index (χ2v) is 6.43. The van der Waals surface area contributed by atoms with E-state index in [1.54, 1.807) is 0 Å². The number of unbranched alkanes of at least 4 members (excludes halogenated alkanes) is 1. The molecular weight excluding hydrogens is 425 g/mol. The van der Waals surface area contributed by atoms with E-state index in [0.29, 0.717) is 6.61 Å². The maximum Gasteiger partial charge on any atom is 0.309 e. The number of halogens is 1. The van der Waals surface area contributed by atoms with E-state index in [0.717, 1.165) is 51.4 Å². The van der Waals surface area contributed by atoms with Crippen LogP contribution >= 0.6 is 35.7 Å². The molecule has 1 N–H and O–H groups in total. The van der Waals surface area contributed by atoms with Gasteiger partial charge in [-0.1, -0.05) is 0 Å². The summed E-state index contributed by atoms with van der Waals surface area (Å²) in [6.45, 7) is 7.93. The Bertz CT molecular complexity index is 348. The Balaban J connectivity index is 0.00000484. The van der Waals surface area contributed by atoms with E-state index < -0.39 is 0 Å². The molecule has 1 heterocycles. The number of hydrogen-bond acceptors (Lipinski definition) is 4. The number of aliphatic imine (C=N–C) groups is 1. The number of carbonyl (C=O) groups is 1. The summed E-state index contributed by atoms with van der Waals surface area (Å²) in [4.78, 5) is 18.8. The number of esters is 1. The number of likely N-dealkylation sites (tertiary alicyclic amines) is 1. The molecule has 0 aromatic rings. The Hall–Kier alpha value is -0.180. The number of rotatable bonds is 8. The van der Waals surface area contributed by atoms with E-state index in [-0.39, 0.29) is 35.9 Å². The summed E-state index contributed by atoms with van der Waals surface area (Å²) in [5.74, 6) is 2.22. The molecule has 0 aromatic heterocycles. The van der Waals surface area contributed by atoms with Crippen molar-refractivity contribution in [1.29, 1.82) is 0 Å². The van der Waals surface area contributed by atoms with Gasteiger partial charge < -0.3 is 15.0 Å². The lowest BCUT2D eigenvalue weighted by Gasteiger charge is -2.33. The van der Waals surface area contributed by atoms with E-state index in [1.165, 1.54) is 12.2 Å². The number of guanidine groups is 1. The SMILES string of the molecule is CCNC(=NCCCCSC)N1CCC(C(=O)OCC)CC1.I. The number of ether oxygens (including phenoxy) is 1. The summed E-state index contributed by atoms with van der Waals surface area (Å²) in [7, 11) is 0. The number of thioether (sulfide) groups is 1. The molecule has 0 aromatic carbocycles. The number of nitrogens with one attached hydrogen (secondary N) is 1. The fraction of sp³-hybridized carbons (Fsp3) is 0.875. The van der Waals surface area contributed by atoms with Gasteiger partial charge in [0, 0.05) is 26.2 Å². The van der Waals surface area contributed by atoms with E-state index >= 15 is 0 Å². The average Bonchev–Trinajstić information content (AvgIpc) is 2.54. The molecule has 0 radical (unpaired) electrons. The molecule has 1 saturated heterocycles. The normalized spacial score (nSPS) is 16.0. The van der Waals surface area contributed by atoms with Crippen LogP contribution in [0.25, 0.3) is 0 Å². The molecule has 5 nitrogen and oxygen atoms in total. The number of nitrogens with zero attached hydrogens (tertiary/aromatic N) is 2. The molecule has 0 spiro atoms. The smallest absolute Gasteiger partial charge is 0.309 e. The predicted molar refractivity (Wildman–Crippen MR) is 110 cm³/mol. The second kappa shape index (κ2) is 14.2. The van der Waals surface area contributed by atoms with Gasteiger partial charge in [-0.2, -0.15) is 11.8 Å². The molecule has 23 heavy (non-hydrogen) atoms. The van der Waals surface area contributed by atoms with Crippen LogP contribution in [0.2, 0.25) is 0 Å². The summed E-state index contributed by atoms with van der Waals surface area (Å²) in [6.07, 6.45) is 6.20. The van der Waals surface area contributed by atoms with Gasteiger partial charge in [0.25, 0.3) is 0 Å². The summed E-state index contributed by atoms with van der Waals surface area (Å²) in [6, 6.07) is 0. The van der Waals surface area contributed by atoms with Gasteiger partial charge in [-0.15, -0.1) is 24.0 Å². The maximum atomic E-state index is 11.8. The monoisotopic (exact) mass is 457 g/mol. The fourth-order valence-corrected chi connectivity index (χ4v) is 3.05. The van der Waals surface area contributed by atoms with E-state index in [2.05, 4.69) is 23.4 Å². The van der Waals surface area contributed by atoms with Crippen LogP contribution < -0.4 is 5.32 Å². The van der Waals surface area contributed by atoms with Crippen molar-refractivity contribution in [3.05, 3.63) is 0 Å². The van der Waals surface area contributed by atoms with Crippen LogP contribution in [-0.4, -0.2) is 61.6 Å². The third kappa shape index (κ3) is 9.02. The van der Waals surface area contributed by atoms with Crippen LogP contribution in [0.4, 0.5) is 0 Å². The standard InChI is InChI=1S/C16H31N3O2S.HI/c1-4-17-16(18-10-6-7-13-22-3)19-11-8-14(9-12-19)15(20)21-5-2;/h14H,4-13H2,1-3H3,(H,17,18);1H. The zero-order valence-electron chi connectivity index (χ0n) is 14.7. The Labute approximate surface area is 162 Å². The second-order valence-electron chi connectivity index (χ2n) is 5.45. The van der Waals surface area contributed by atoms with Gasteiger partial charge in [-0.05, 0) is 51.5 Å². The van der Waals surface area contributed by atoms with Crippen LogP contribution in [-0.2, 0) is 9.53 Å². The Morgan fingerprint density at radius 2 is 2.00 bits per heavy atom. The highest BCUT2D eigenvalue weighted by atomic mass is 127. The zero-order valence-corrected chi connectivity index (χ0v) is 17.8. The molecule has 1 aliphatic heterocycles. The Kier molecular flexibility index (Phi) is 14.1. The Morgan fingerprint density at radius 3 is 2.57 bits per heavy atom. The number of hydrogen-bond donors (Lipinski definition) is 1. The molecule has 136 valence electrons. The first-order valence-corrected chi connectivity index (χ1v) is 9.81.